The van der Waals surface area contributed by atoms with Gasteiger partial charge in [0, 0.05) is 30.4 Å². The van der Waals surface area contributed by atoms with Crippen molar-refractivity contribution in [3.8, 4) is 0 Å². The summed E-state index contributed by atoms with van der Waals surface area (Å²) < 4.78 is 25.6. The predicted molar refractivity (Wildman–Crippen MR) is 142 cm³/mol. The Kier molecular flexibility index (Phi) is 7.77. The number of carbonyl (C=O) groups is 1. The molecule has 0 unspecified atom stereocenters. The number of nitrogens with zero attached hydrogens (tertiary/aromatic N) is 3. The number of likely N-dealkylation sites (tertiary alicyclic amines) is 1. The normalized spacial score (nSPS) is 14.6. The zero-order valence-electron chi connectivity index (χ0n) is 20.1. The largest absolute Gasteiger partial charge is 0.339 e. The first-order chi connectivity index (χ1) is 17.1. The molecule has 0 spiro atoms. The fourth-order valence-electron chi connectivity index (χ4n) is 3.86. The van der Waals surface area contributed by atoms with Crippen LogP contribution in [0.4, 0.5) is 23.1 Å². The summed E-state index contributed by atoms with van der Waals surface area (Å²) in [6.45, 7) is 4.54. The lowest BCUT2D eigenvalue weighted by Crippen LogP contribution is -2.42. The quantitative estimate of drug-likeness (QED) is 0.412. The minimum Gasteiger partial charge on any atom is -0.339 e. The number of rotatable bonds is 7. The summed E-state index contributed by atoms with van der Waals surface area (Å²) in [5, 5.41) is 5.77. The first-order valence-electron chi connectivity index (χ1n) is 11.7. The number of hydrogen-bond acceptors (Lipinski definition) is 8. The Morgan fingerprint density at radius 3 is 2.56 bits per heavy atom. The van der Waals surface area contributed by atoms with Gasteiger partial charge in [0.25, 0.3) is 5.91 Å². The number of carbonyl (C=O) groups excluding carboxylic acids is 1. The molecule has 0 atom stereocenters. The topological polar surface area (TPSA) is 130 Å². The Morgan fingerprint density at radius 2 is 1.83 bits per heavy atom. The molecule has 36 heavy (non-hydrogen) atoms. The maximum atomic E-state index is 12.9. The van der Waals surface area contributed by atoms with Crippen molar-refractivity contribution in [2.45, 2.75) is 42.9 Å². The van der Waals surface area contributed by atoms with Gasteiger partial charge in [-0.15, -0.1) is 0 Å². The van der Waals surface area contributed by atoms with E-state index >= 15 is 0 Å². The van der Waals surface area contributed by atoms with Crippen molar-refractivity contribution in [3.63, 3.8) is 0 Å². The third-order valence-corrected chi connectivity index (χ3v) is 8.49. The highest BCUT2D eigenvalue weighted by Gasteiger charge is 2.24. The van der Waals surface area contributed by atoms with E-state index in [4.69, 9.17) is 17.3 Å². The average Bonchev–Trinajstić information content (AvgIpc) is 2.86. The van der Waals surface area contributed by atoms with Gasteiger partial charge in [-0.1, -0.05) is 29.8 Å². The van der Waals surface area contributed by atoms with E-state index < -0.39 is 15.1 Å². The Balaban J connectivity index is 1.55. The van der Waals surface area contributed by atoms with Crippen LogP contribution in [0.15, 0.2) is 59.6 Å². The van der Waals surface area contributed by atoms with Gasteiger partial charge in [-0.05, 0) is 57.0 Å². The molecular weight excluding hydrogens is 500 g/mol. The summed E-state index contributed by atoms with van der Waals surface area (Å²) >= 11 is 6.32. The van der Waals surface area contributed by atoms with Crippen LogP contribution in [0.2, 0.25) is 5.02 Å². The number of hydrogen-bond donors (Lipinski definition) is 3. The van der Waals surface area contributed by atoms with E-state index in [1.165, 1.54) is 6.20 Å². The van der Waals surface area contributed by atoms with E-state index in [1.54, 1.807) is 62.4 Å². The van der Waals surface area contributed by atoms with Gasteiger partial charge in [-0.3, -0.25) is 4.79 Å². The van der Waals surface area contributed by atoms with Crippen LogP contribution in [0, 0.1) is 0 Å². The summed E-state index contributed by atoms with van der Waals surface area (Å²) in [5.41, 5.74) is 7.50. The average molecular weight is 529 g/mol. The first-order valence-corrected chi connectivity index (χ1v) is 13.6. The highest BCUT2D eigenvalue weighted by atomic mass is 35.5. The summed E-state index contributed by atoms with van der Waals surface area (Å²) in [6, 6.07) is 13.8. The fraction of sp³-hybridized carbons (Fsp3) is 0.320. The van der Waals surface area contributed by atoms with Crippen molar-refractivity contribution in [2.24, 2.45) is 5.73 Å². The molecule has 0 bridgehead atoms. The van der Waals surface area contributed by atoms with E-state index in [-0.39, 0.29) is 33.6 Å². The van der Waals surface area contributed by atoms with Crippen LogP contribution in [0.5, 0.6) is 0 Å². The molecule has 0 aliphatic carbocycles. The summed E-state index contributed by atoms with van der Waals surface area (Å²) in [6.07, 6.45) is 3.00. The number of sulfone groups is 1. The Labute approximate surface area is 216 Å². The Hall–Kier alpha value is -3.21. The molecule has 1 saturated heterocycles. The lowest BCUT2D eigenvalue weighted by molar-refractivity contribution is 0.0715. The van der Waals surface area contributed by atoms with Crippen molar-refractivity contribution in [1.82, 2.24) is 14.9 Å². The molecule has 0 saturated carbocycles. The van der Waals surface area contributed by atoms with Gasteiger partial charge in [0.2, 0.25) is 5.95 Å². The second-order valence-corrected chi connectivity index (χ2v) is 11.8. The summed E-state index contributed by atoms with van der Waals surface area (Å²) in [5.74, 6) is 0.435. The third-order valence-electron chi connectivity index (χ3n) is 6.00. The van der Waals surface area contributed by atoms with Gasteiger partial charge in [0.05, 0.1) is 22.0 Å². The van der Waals surface area contributed by atoms with Gasteiger partial charge in [0.15, 0.2) is 15.7 Å². The molecule has 3 aromatic rings. The molecule has 2 aromatic carbocycles. The lowest BCUT2D eigenvalue weighted by Gasteiger charge is -2.30. The monoisotopic (exact) mass is 528 g/mol. The number of para-hydroxylation sites is 1. The molecule has 1 fully saturated rings. The molecule has 4 rings (SSSR count). The highest BCUT2D eigenvalue weighted by Crippen LogP contribution is 2.30. The fourth-order valence-corrected chi connectivity index (χ4v) is 5.20. The van der Waals surface area contributed by atoms with Gasteiger partial charge in [-0.2, -0.15) is 4.98 Å². The summed E-state index contributed by atoms with van der Waals surface area (Å²) in [4.78, 5) is 23.6. The van der Waals surface area contributed by atoms with Gasteiger partial charge in [-0.25, -0.2) is 13.4 Å². The van der Waals surface area contributed by atoms with Crippen LogP contribution in [0.25, 0.3) is 0 Å². The van der Waals surface area contributed by atoms with Gasteiger partial charge in [0.1, 0.15) is 5.02 Å². The van der Waals surface area contributed by atoms with E-state index in [2.05, 4.69) is 20.6 Å². The molecule has 1 aromatic heterocycles. The molecule has 2 heterocycles. The van der Waals surface area contributed by atoms with E-state index in [9.17, 15) is 13.2 Å². The number of nitrogens with one attached hydrogen (secondary N) is 2. The minimum atomic E-state index is -3.53. The molecule has 1 aliphatic rings. The number of aromatic nitrogens is 2. The van der Waals surface area contributed by atoms with Crippen molar-refractivity contribution >= 4 is 50.5 Å². The van der Waals surface area contributed by atoms with Crippen molar-refractivity contribution in [3.05, 3.63) is 65.3 Å². The maximum Gasteiger partial charge on any atom is 0.253 e. The first kappa shape index (κ1) is 25.9. The Morgan fingerprint density at radius 1 is 1.11 bits per heavy atom. The second-order valence-electron chi connectivity index (χ2n) is 8.94. The van der Waals surface area contributed by atoms with Crippen LogP contribution < -0.4 is 16.4 Å². The maximum absolute atomic E-state index is 12.9. The van der Waals surface area contributed by atoms with E-state index in [1.807, 2.05) is 4.90 Å². The minimum absolute atomic E-state index is 0.0482. The van der Waals surface area contributed by atoms with Crippen LogP contribution in [-0.2, 0) is 9.84 Å². The molecule has 9 nitrogen and oxygen atoms in total. The Bertz CT molecular complexity index is 1360. The van der Waals surface area contributed by atoms with Crippen LogP contribution in [0.3, 0.4) is 0 Å². The standard InChI is InChI=1S/C25H29ClN6O3S/c1-16(2)36(34,35)22-9-4-3-8-21(22)30-23-20(26)15-28-25(31-23)29-19-7-5-6-17(14-19)24(33)32-12-10-18(27)11-13-32/h3-9,14-16,18H,10-13,27H2,1-2H3,(H2,28,29,30,31). The van der Waals surface area contributed by atoms with Crippen LogP contribution in [-0.4, -0.2) is 53.6 Å². The smallest absolute Gasteiger partial charge is 0.253 e. The van der Waals surface area contributed by atoms with Crippen LogP contribution in [0.1, 0.15) is 37.0 Å². The summed E-state index contributed by atoms with van der Waals surface area (Å²) in [7, 11) is -3.53. The molecule has 11 heteroatoms. The van der Waals surface area contributed by atoms with Gasteiger partial charge >= 0.3 is 0 Å². The van der Waals surface area contributed by atoms with Crippen molar-refractivity contribution in [1.29, 1.82) is 0 Å². The van der Waals surface area contributed by atoms with E-state index in [0.717, 1.165) is 12.8 Å². The molecule has 4 N–H and O–H groups in total. The number of benzene rings is 2. The molecule has 1 aliphatic heterocycles. The van der Waals surface area contributed by atoms with Crippen LogP contribution >= 0.6 is 11.6 Å². The number of amides is 1. The lowest BCUT2D eigenvalue weighted by atomic mass is 10.0. The third kappa shape index (κ3) is 5.77. The molecule has 1 amide bonds. The number of anilines is 4. The second kappa shape index (κ2) is 10.8. The predicted octanol–water partition coefficient (Wildman–Crippen LogP) is 4.36. The van der Waals surface area contributed by atoms with Crippen molar-refractivity contribution in [2.75, 3.05) is 23.7 Å². The zero-order chi connectivity index (χ0) is 25.9. The number of piperidine rings is 1. The zero-order valence-corrected chi connectivity index (χ0v) is 21.7. The van der Waals surface area contributed by atoms with E-state index in [0.29, 0.717) is 30.0 Å². The molecular formula is C25H29ClN6O3S. The molecule has 0 radical (unpaired) electrons. The highest BCUT2D eigenvalue weighted by molar-refractivity contribution is 7.92. The number of halogens is 1. The molecule has 190 valence electrons. The number of nitrogens with two attached hydrogens (primary N) is 1. The SMILES string of the molecule is CC(C)S(=O)(=O)c1ccccc1Nc1nc(Nc2cccc(C(=O)N3CCC(N)CC3)c2)ncc1Cl. The van der Waals surface area contributed by atoms with Gasteiger partial charge < -0.3 is 21.3 Å². The van der Waals surface area contributed by atoms with Crippen molar-refractivity contribution < 1.29 is 13.2 Å².